The molecule has 3 rings (SSSR count). The van der Waals surface area contributed by atoms with Crippen molar-refractivity contribution in [3.8, 4) is 0 Å². The number of aromatic nitrogens is 3. The van der Waals surface area contributed by atoms with Crippen molar-refractivity contribution in [3.63, 3.8) is 0 Å². The zero-order chi connectivity index (χ0) is 15.5. The third kappa shape index (κ3) is 3.30. The van der Waals surface area contributed by atoms with Crippen LogP contribution in [0.4, 0.5) is 0 Å². The lowest BCUT2D eigenvalue weighted by molar-refractivity contribution is -0.119. The molecule has 2 aromatic heterocycles. The van der Waals surface area contributed by atoms with Crippen LogP contribution in [-0.4, -0.2) is 32.3 Å². The molecule has 0 aliphatic heterocycles. The monoisotopic (exact) mass is 321 g/mol. The van der Waals surface area contributed by atoms with Crippen molar-refractivity contribution in [1.29, 1.82) is 0 Å². The van der Waals surface area contributed by atoms with E-state index in [0.717, 1.165) is 18.7 Å². The van der Waals surface area contributed by atoms with Crippen LogP contribution >= 0.6 is 11.8 Å². The van der Waals surface area contributed by atoms with Gasteiger partial charge in [0.1, 0.15) is 5.82 Å². The van der Waals surface area contributed by atoms with E-state index in [0.29, 0.717) is 11.1 Å². The summed E-state index contributed by atoms with van der Waals surface area (Å²) in [6.45, 7) is 0. The summed E-state index contributed by atoms with van der Waals surface area (Å²) in [4.78, 5) is 23.3. The Morgan fingerprint density at radius 2 is 2.23 bits per heavy atom. The van der Waals surface area contributed by atoms with Crippen LogP contribution in [0.25, 0.3) is 0 Å². The van der Waals surface area contributed by atoms with Crippen LogP contribution in [0.15, 0.2) is 28.0 Å². The first-order valence-corrected chi connectivity index (χ1v) is 7.78. The number of thioether (sulfide) groups is 1. The van der Waals surface area contributed by atoms with Gasteiger partial charge in [-0.05, 0) is 25.0 Å². The Morgan fingerprint density at radius 1 is 1.41 bits per heavy atom. The van der Waals surface area contributed by atoms with Crippen molar-refractivity contribution >= 4 is 23.6 Å². The summed E-state index contributed by atoms with van der Waals surface area (Å²) in [5.41, 5.74) is 4.61. The molecule has 116 valence electrons. The molecule has 0 aromatic carbocycles. The van der Waals surface area contributed by atoms with Crippen LogP contribution < -0.4 is 10.9 Å². The van der Waals surface area contributed by atoms with Crippen molar-refractivity contribution in [2.45, 2.75) is 23.9 Å². The standard InChI is InChI=1S/C13H15N5O3S/c1-18-11(8-4-5-8)15-17-13(18)22-7-10(19)14-16-12(20)9-3-2-6-21-9/h2-3,6,8H,4-5,7H2,1H3,(H,14,19)(H,16,20). The Balaban J connectivity index is 1.45. The van der Waals surface area contributed by atoms with Crippen LogP contribution in [0.1, 0.15) is 35.1 Å². The minimum Gasteiger partial charge on any atom is -0.459 e. The number of carbonyl (C=O) groups is 2. The van der Waals surface area contributed by atoms with E-state index in [1.54, 1.807) is 6.07 Å². The zero-order valence-electron chi connectivity index (χ0n) is 11.9. The molecule has 0 bridgehead atoms. The highest BCUT2D eigenvalue weighted by atomic mass is 32.2. The van der Waals surface area contributed by atoms with Gasteiger partial charge in [-0.15, -0.1) is 10.2 Å². The van der Waals surface area contributed by atoms with Crippen molar-refractivity contribution < 1.29 is 14.0 Å². The second-order valence-electron chi connectivity index (χ2n) is 4.94. The van der Waals surface area contributed by atoms with Gasteiger partial charge in [-0.25, -0.2) is 0 Å². The number of hydrogen-bond donors (Lipinski definition) is 2. The fraction of sp³-hybridized carbons (Fsp3) is 0.385. The van der Waals surface area contributed by atoms with E-state index in [4.69, 9.17) is 4.42 Å². The van der Waals surface area contributed by atoms with Gasteiger partial charge in [0.05, 0.1) is 12.0 Å². The number of furan rings is 1. The first-order valence-electron chi connectivity index (χ1n) is 6.80. The molecule has 1 aliphatic carbocycles. The van der Waals surface area contributed by atoms with Crippen LogP contribution in [-0.2, 0) is 11.8 Å². The Bertz CT molecular complexity index is 678. The van der Waals surface area contributed by atoms with Gasteiger partial charge < -0.3 is 8.98 Å². The summed E-state index contributed by atoms with van der Waals surface area (Å²) in [5, 5.41) is 8.91. The molecular weight excluding hydrogens is 306 g/mol. The van der Waals surface area contributed by atoms with Gasteiger partial charge in [0.15, 0.2) is 10.9 Å². The number of amides is 2. The summed E-state index contributed by atoms with van der Waals surface area (Å²) >= 11 is 1.27. The Hall–Kier alpha value is -2.29. The van der Waals surface area contributed by atoms with E-state index in [1.165, 1.54) is 24.1 Å². The molecule has 0 radical (unpaired) electrons. The highest BCUT2D eigenvalue weighted by Gasteiger charge is 2.29. The first-order chi connectivity index (χ1) is 10.6. The average Bonchev–Trinajstić information content (AvgIpc) is 3.07. The minimum absolute atomic E-state index is 0.134. The molecule has 1 aliphatic rings. The second kappa shape index (κ2) is 6.22. The highest BCUT2D eigenvalue weighted by molar-refractivity contribution is 7.99. The van der Waals surface area contributed by atoms with Gasteiger partial charge in [0, 0.05) is 13.0 Å². The van der Waals surface area contributed by atoms with Gasteiger partial charge in [0.2, 0.25) is 5.91 Å². The molecule has 1 fully saturated rings. The lowest BCUT2D eigenvalue weighted by atomic mass is 10.4. The van der Waals surface area contributed by atoms with Crippen molar-refractivity contribution in [2.24, 2.45) is 7.05 Å². The average molecular weight is 321 g/mol. The van der Waals surface area contributed by atoms with Crippen molar-refractivity contribution in [1.82, 2.24) is 25.6 Å². The molecule has 8 nitrogen and oxygen atoms in total. The van der Waals surface area contributed by atoms with E-state index in [9.17, 15) is 9.59 Å². The fourth-order valence-corrected chi connectivity index (χ4v) is 2.63. The Morgan fingerprint density at radius 3 is 2.91 bits per heavy atom. The molecule has 1 saturated carbocycles. The van der Waals surface area contributed by atoms with Crippen LogP contribution in [0.5, 0.6) is 0 Å². The van der Waals surface area contributed by atoms with Gasteiger partial charge in [-0.2, -0.15) is 0 Å². The summed E-state index contributed by atoms with van der Waals surface area (Å²) < 4.78 is 6.83. The molecule has 0 atom stereocenters. The molecule has 0 unspecified atom stereocenters. The molecule has 2 amide bonds. The quantitative estimate of drug-likeness (QED) is 0.625. The molecule has 0 spiro atoms. The number of rotatable bonds is 5. The van der Waals surface area contributed by atoms with Crippen LogP contribution in [0, 0.1) is 0 Å². The Labute approximate surface area is 130 Å². The number of hydrazine groups is 1. The maximum Gasteiger partial charge on any atom is 0.305 e. The fourth-order valence-electron chi connectivity index (χ4n) is 1.91. The molecule has 9 heteroatoms. The summed E-state index contributed by atoms with van der Waals surface area (Å²) in [6, 6.07) is 3.10. The third-order valence-electron chi connectivity index (χ3n) is 3.20. The topological polar surface area (TPSA) is 102 Å². The van der Waals surface area contributed by atoms with E-state index in [-0.39, 0.29) is 17.4 Å². The van der Waals surface area contributed by atoms with Gasteiger partial charge in [-0.1, -0.05) is 11.8 Å². The second-order valence-corrected chi connectivity index (χ2v) is 5.88. The van der Waals surface area contributed by atoms with Gasteiger partial charge in [0.25, 0.3) is 0 Å². The lowest BCUT2D eigenvalue weighted by Gasteiger charge is -2.06. The number of nitrogens with zero attached hydrogens (tertiary/aromatic N) is 3. The minimum atomic E-state index is -0.502. The summed E-state index contributed by atoms with van der Waals surface area (Å²) in [5.74, 6) is 0.909. The summed E-state index contributed by atoms with van der Waals surface area (Å²) in [6.07, 6.45) is 3.68. The van der Waals surface area contributed by atoms with Gasteiger partial charge in [-0.3, -0.25) is 20.4 Å². The van der Waals surface area contributed by atoms with Crippen LogP contribution in [0.2, 0.25) is 0 Å². The van der Waals surface area contributed by atoms with E-state index in [1.807, 2.05) is 11.6 Å². The predicted molar refractivity (Wildman–Crippen MR) is 78.0 cm³/mol. The predicted octanol–water partition coefficient (Wildman–Crippen LogP) is 0.839. The van der Waals surface area contributed by atoms with E-state index in [2.05, 4.69) is 21.0 Å². The largest absolute Gasteiger partial charge is 0.459 e. The Kier molecular flexibility index (Phi) is 4.14. The smallest absolute Gasteiger partial charge is 0.305 e. The van der Waals surface area contributed by atoms with Crippen molar-refractivity contribution in [3.05, 3.63) is 30.0 Å². The van der Waals surface area contributed by atoms with E-state index < -0.39 is 5.91 Å². The normalized spacial score (nSPS) is 13.9. The number of nitrogens with one attached hydrogen (secondary N) is 2. The summed E-state index contributed by atoms with van der Waals surface area (Å²) in [7, 11) is 1.90. The molecule has 2 N–H and O–H groups in total. The molecule has 2 heterocycles. The third-order valence-corrected chi connectivity index (χ3v) is 4.22. The maximum atomic E-state index is 11.7. The van der Waals surface area contributed by atoms with Gasteiger partial charge >= 0.3 is 5.91 Å². The number of carbonyl (C=O) groups excluding carboxylic acids is 2. The van der Waals surface area contributed by atoms with Crippen LogP contribution in [0.3, 0.4) is 0 Å². The number of hydrogen-bond acceptors (Lipinski definition) is 6. The molecular formula is C13H15N5O3S. The molecule has 2 aromatic rings. The molecule has 0 saturated heterocycles. The zero-order valence-corrected chi connectivity index (χ0v) is 12.7. The maximum absolute atomic E-state index is 11.7. The lowest BCUT2D eigenvalue weighted by Crippen LogP contribution is -2.42. The first kappa shape index (κ1) is 14.6. The van der Waals surface area contributed by atoms with Crippen molar-refractivity contribution in [2.75, 3.05) is 5.75 Å². The SMILES string of the molecule is Cn1c(SCC(=O)NNC(=O)c2ccco2)nnc1C1CC1. The molecule has 22 heavy (non-hydrogen) atoms. The highest BCUT2D eigenvalue weighted by Crippen LogP contribution is 2.39. The van der Waals surface area contributed by atoms with E-state index >= 15 is 0 Å².